The fourth-order valence-corrected chi connectivity index (χ4v) is 2.02. The molecule has 0 aromatic carbocycles. The second-order valence-electron chi connectivity index (χ2n) is 4.27. The molecule has 0 unspecified atom stereocenters. The highest BCUT2D eigenvalue weighted by Crippen LogP contribution is 2.34. The van der Waals surface area contributed by atoms with Crippen molar-refractivity contribution in [2.75, 3.05) is 19.6 Å². The van der Waals surface area contributed by atoms with E-state index in [0.717, 1.165) is 19.4 Å². The zero-order chi connectivity index (χ0) is 12.0. The first kappa shape index (κ1) is 13.3. The number of hydrogen-bond donors (Lipinski definition) is 0. The number of likely N-dealkylation sites (tertiary alicyclic amines) is 1. The van der Waals surface area contributed by atoms with Gasteiger partial charge in [0.05, 0.1) is 12.0 Å². The highest BCUT2D eigenvalue weighted by Gasteiger charge is 2.40. The van der Waals surface area contributed by atoms with Gasteiger partial charge in [0.2, 0.25) is 0 Å². The molecule has 16 heavy (non-hydrogen) atoms. The first-order valence-electron chi connectivity index (χ1n) is 5.70. The van der Waals surface area contributed by atoms with E-state index < -0.39 is 12.1 Å². The van der Waals surface area contributed by atoms with Gasteiger partial charge in [-0.25, -0.2) is 0 Å². The molecule has 0 bridgehead atoms. The lowest BCUT2D eigenvalue weighted by Crippen LogP contribution is -2.39. The smallest absolute Gasteiger partial charge is 0.303 e. The Labute approximate surface area is 94.0 Å². The van der Waals surface area contributed by atoms with E-state index >= 15 is 0 Å². The fourth-order valence-electron chi connectivity index (χ4n) is 2.02. The molecular weight excluding hydrogens is 217 g/mol. The zero-order valence-corrected chi connectivity index (χ0v) is 9.26. The van der Waals surface area contributed by atoms with Crippen LogP contribution in [0.1, 0.15) is 32.1 Å². The number of piperidine rings is 1. The van der Waals surface area contributed by atoms with E-state index in [9.17, 15) is 13.2 Å². The first-order valence-corrected chi connectivity index (χ1v) is 5.70. The van der Waals surface area contributed by atoms with Crippen LogP contribution in [0.15, 0.2) is 0 Å². The molecule has 0 atom stereocenters. The quantitative estimate of drug-likeness (QED) is 0.699. The third-order valence-corrected chi connectivity index (χ3v) is 3.06. The van der Waals surface area contributed by atoms with Gasteiger partial charge >= 0.3 is 6.18 Å². The molecule has 1 heterocycles. The van der Waals surface area contributed by atoms with Crippen molar-refractivity contribution in [3.05, 3.63) is 0 Å². The predicted molar refractivity (Wildman–Crippen MR) is 54.7 cm³/mol. The molecule has 5 heteroatoms. The number of nitriles is 1. The van der Waals surface area contributed by atoms with Crippen molar-refractivity contribution in [2.45, 2.75) is 38.3 Å². The van der Waals surface area contributed by atoms with Crippen molar-refractivity contribution in [1.29, 1.82) is 5.26 Å². The van der Waals surface area contributed by atoms with E-state index in [2.05, 4.69) is 11.0 Å². The largest absolute Gasteiger partial charge is 0.391 e. The molecule has 0 aliphatic carbocycles. The van der Waals surface area contributed by atoms with Gasteiger partial charge in [-0.1, -0.05) is 0 Å². The number of unbranched alkanes of at least 4 members (excludes halogenated alkanes) is 2. The summed E-state index contributed by atoms with van der Waals surface area (Å²) in [5.41, 5.74) is 0. The maximum absolute atomic E-state index is 12.4. The lowest BCUT2D eigenvalue weighted by Gasteiger charge is -2.32. The lowest BCUT2D eigenvalue weighted by atomic mass is 9.96. The Hall–Kier alpha value is -0.760. The molecule has 1 rings (SSSR count). The average molecular weight is 234 g/mol. The Morgan fingerprint density at radius 3 is 2.31 bits per heavy atom. The molecule has 1 aliphatic heterocycles. The van der Waals surface area contributed by atoms with Crippen LogP contribution >= 0.6 is 0 Å². The van der Waals surface area contributed by atoms with Gasteiger partial charge in [-0.15, -0.1) is 0 Å². The summed E-state index contributed by atoms with van der Waals surface area (Å²) in [5, 5.41) is 8.34. The van der Waals surface area contributed by atoms with Crippen molar-refractivity contribution >= 4 is 0 Å². The number of halogens is 3. The molecule has 0 N–H and O–H groups in total. The molecule has 92 valence electrons. The molecule has 0 radical (unpaired) electrons. The Morgan fingerprint density at radius 2 is 1.81 bits per heavy atom. The van der Waals surface area contributed by atoms with Crippen LogP contribution in [0.5, 0.6) is 0 Å². The Morgan fingerprint density at radius 1 is 1.19 bits per heavy atom. The SMILES string of the molecule is N#CCCCCN1CCC(C(F)(F)F)CC1. The van der Waals surface area contributed by atoms with E-state index in [4.69, 9.17) is 5.26 Å². The summed E-state index contributed by atoms with van der Waals surface area (Å²) in [6.45, 7) is 1.90. The summed E-state index contributed by atoms with van der Waals surface area (Å²) in [6, 6.07) is 2.07. The van der Waals surface area contributed by atoms with Crippen molar-refractivity contribution in [2.24, 2.45) is 5.92 Å². The summed E-state index contributed by atoms with van der Waals surface area (Å²) in [7, 11) is 0. The minimum absolute atomic E-state index is 0.224. The number of hydrogen-bond acceptors (Lipinski definition) is 2. The minimum atomic E-state index is -4.02. The van der Waals surface area contributed by atoms with Gasteiger partial charge in [-0.2, -0.15) is 18.4 Å². The third kappa shape index (κ3) is 4.40. The fraction of sp³-hybridized carbons (Fsp3) is 0.909. The lowest BCUT2D eigenvalue weighted by molar-refractivity contribution is -0.185. The van der Waals surface area contributed by atoms with Crippen LogP contribution in [0, 0.1) is 17.2 Å². The van der Waals surface area contributed by atoms with Crippen LogP contribution in [0.25, 0.3) is 0 Å². The Kier molecular flexibility index (Phi) is 5.07. The maximum atomic E-state index is 12.4. The van der Waals surface area contributed by atoms with E-state index in [-0.39, 0.29) is 12.8 Å². The number of rotatable bonds is 4. The third-order valence-electron chi connectivity index (χ3n) is 3.06. The van der Waals surface area contributed by atoms with Gasteiger partial charge in [0.1, 0.15) is 0 Å². The highest BCUT2D eigenvalue weighted by atomic mass is 19.4. The number of nitrogens with zero attached hydrogens (tertiary/aromatic N) is 2. The van der Waals surface area contributed by atoms with Gasteiger partial charge in [0.25, 0.3) is 0 Å². The van der Waals surface area contributed by atoms with Gasteiger partial charge in [-0.3, -0.25) is 0 Å². The summed E-state index contributed by atoms with van der Waals surface area (Å²) < 4.78 is 37.1. The Bertz CT molecular complexity index is 237. The topological polar surface area (TPSA) is 27.0 Å². The molecule has 2 nitrogen and oxygen atoms in total. The van der Waals surface area contributed by atoms with E-state index in [1.54, 1.807) is 0 Å². The van der Waals surface area contributed by atoms with Crippen LogP contribution < -0.4 is 0 Å². The first-order chi connectivity index (χ1) is 7.54. The zero-order valence-electron chi connectivity index (χ0n) is 9.26. The van der Waals surface area contributed by atoms with Gasteiger partial charge in [-0.05, 0) is 45.3 Å². The average Bonchev–Trinajstić information content (AvgIpc) is 2.24. The standard InChI is InChI=1S/C11H17F3N2/c12-11(13,14)10-4-8-16(9-5-10)7-3-1-2-6-15/h10H,1-5,7-9H2. The van der Waals surface area contributed by atoms with E-state index in [1.807, 2.05) is 0 Å². The van der Waals surface area contributed by atoms with Crippen LogP contribution in [0.4, 0.5) is 13.2 Å². The van der Waals surface area contributed by atoms with Gasteiger partial charge < -0.3 is 4.90 Å². The molecule has 0 amide bonds. The van der Waals surface area contributed by atoms with Gasteiger partial charge in [0, 0.05) is 6.42 Å². The second-order valence-corrected chi connectivity index (χ2v) is 4.27. The maximum Gasteiger partial charge on any atom is 0.391 e. The normalized spacial score (nSPS) is 19.6. The minimum Gasteiger partial charge on any atom is -0.303 e. The number of alkyl halides is 3. The summed E-state index contributed by atoms with van der Waals surface area (Å²) in [6.07, 6.45) is -1.28. The highest BCUT2D eigenvalue weighted by molar-refractivity contribution is 4.77. The van der Waals surface area contributed by atoms with Crippen molar-refractivity contribution < 1.29 is 13.2 Å². The van der Waals surface area contributed by atoms with Gasteiger partial charge in [0.15, 0.2) is 0 Å². The monoisotopic (exact) mass is 234 g/mol. The van der Waals surface area contributed by atoms with Crippen molar-refractivity contribution in [3.63, 3.8) is 0 Å². The summed E-state index contributed by atoms with van der Waals surface area (Å²) >= 11 is 0. The molecule has 1 saturated heterocycles. The van der Waals surface area contributed by atoms with Crippen LogP contribution in [-0.4, -0.2) is 30.7 Å². The molecule has 0 aromatic heterocycles. The van der Waals surface area contributed by atoms with Crippen LogP contribution in [-0.2, 0) is 0 Å². The Balaban J connectivity index is 2.15. The predicted octanol–water partition coefficient (Wildman–Crippen LogP) is 2.95. The molecule has 1 fully saturated rings. The molecule has 0 saturated carbocycles. The van der Waals surface area contributed by atoms with E-state index in [0.29, 0.717) is 19.5 Å². The summed E-state index contributed by atoms with van der Waals surface area (Å²) in [5.74, 6) is -1.11. The molecule has 1 aliphatic rings. The van der Waals surface area contributed by atoms with Crippen LogP contribution in [0.3, 0.4) is 0 Å². The molecule has 0 spiro atoms. The second kappa shape index (κ2) is 6.09. The van der Waals surface area contributed by atoms with E-state index in [1.165, 1.54) is 0 Å². The van der Waals surface area contributed by atoms with Crippen molar-refractivity contribution in [3.8, 4) is 6.07 Å². The molecule has 0 aromatic rings. The summed E-state index contributed by atoms with van der Waals surface area (Å²) in [4.78, 5) is 2.07. The van der Waals surface area contributed by atoms with Crippen molar-refractivity contribution in [1.82, 2.24) is 4.90 Å². The van der Waals surface area contributed by atoms with Crippen LogP contribution in [0.2, 0.25) is 0 Å². The molecular formula is C11H17F3N2.